The molecular weight excluding hydrogens is 434 g/mol. The standard InChI is InChI=1S/C18H20F6N4O3/c19-17(20,21)12-4-1-2-5-13(12)26-14(29)11-27-6-3-7-28(9-8-27)15(30)10-25-16(31)18(22,23)24/h1-2,4-5H,3,6-11H2,(H,25,31)(H,26,29). The largest absolute Gasteiger partial charge is 0.471 e. The van der Waals surface area contributed by atoms with Crippen molar-refractivity contribution < 1.29 is 40.7 Å². The summed E-state index contributed by atoms with van der Waals surface area (Å²) >= 11 is 0. The van der Waals surface area contributed by atoms with Gasteiger partial charge < -0.3 is 15.5 Å². The van der Waals surface area contributed by atoms with Crippen molar-refractivity contribution in [2.24, 2.45) is 0 Å². The molecule has 13 heteroatoms. The van der Waals surface area contributed by atoms with Crippen molar-refractivity contribution in [1.29, 1.82) is 0 Å². The average molecular weight is 454 g/mol. The monoisotopic (exact) mass is 454 g/mol. The summed E-state index contributed by atoms with van der Waals surface area (Å²) in [6.07, 6.45) is -9.33. The number of carbonyl (C=O) groups excluding carboxylic acids is 3. The summed E-state index contributed by atoms with van der Waals surface area (Å²) in [5.41, 5.74) is -1.34. The second-order valence-corrected chi connectivity index (χ2v) is 6.78. The van der Waals surface area contributed by atoms with E-state index in [1.54, 1.807) is 4.90 Å². The fourth-order valence-corrected chi connectivity index (χ4v) is 2.98. The Morgan fingerprint density at radius 3 is 2.26 bits per heavy atom. The molecule has 2 rings (SSSR count). The van der Waals surface area contributed by atoms with Crippen LogP contribution in [0.15, 0.2) is 24.3 Å². The van der Waals surface area contributed by atoms with E-state index in [4.69, 9.17) is 0 Å². The molecule has 1 aliphatic rings. The molecule has 0 radical (unpaired) electrons. The number of nitrogens with one attached hydrogen (secondary N) is 2. The molecule has 1 aromatic rings. The average Bonchev–Trinajstić information content (AvgIpc) is 2.90. The molecule has 0 aliphatic carbocycles. The Bertz CT molecular complexity index is 812. The Balaban J connectivity index is 1.86. The van der Waals surface area contributed by atoms with Crippen LogP contribution in [0.1, 0.15) is 12.0 Å². The molecule has 2 N–H and O–H groups in total. The summed E-state index contributed by atoms with van der Waals surface area (Å²) in [6, 6.07) is 4.55. The smallest absolute Gasteiger partial charge is 0.340 e. The Hall–Kier alpha value is -2.83. The van der Waals surface area contributed by atoms with Gasteiger partial charge in [0.2, 0.25) is 11.8 Å². The van der Waals surface area contributed by atoms with Gasteiger partial charge in [0.25, 0.3) is 0 Å². The number of halogens is 6. The van der Waals surface area contributed by atoms with Crippen molar-refractivity contribution in [3.8, 4) is 0 Å². The number of benzene rings is 1. The molecule has 0 aromatic heterocycles. The Kier molecular flexibility index (Phi) is 7.87. The Morgan fingerprint density at radius 1 is 0.935 bits per heavy atom. The number of anilines is 1. The lowest BCUT2D eigenvalue weighted by atomic mass is 10.1. The van der Waals surface area contributed by atoms with E-state index < -0.39 is 42.2 Å². The summed E-state index contributed by atoms with van der Waals surface area (Å²) in [7, 11) is 0. The SMILES string of the molecule is O=C(CN1CCCN(C(=O)CNC(=O)C(F)(F)F)CC1)Nc1ccccc1C(F)(F)F. The Morgan fingerprint density at radius 2 is 1.61 bits per heavy atom. The molecule has 0 spiro atoms. The minimum absolute atomic E-state index is 0.0904. The van der Waals surface area contributed by atoms with Gasteiger partial charge in [-0.2, -0.15) is 26.3 Å². The van der Waals surface area contributed by atoms with Crippen molar-refractivity contribution in [3.05, 3.63) is 29.8 Å². The molecule has 0 unspecified atom stereocenters. The maximum absolute atomic E-state index is 13.0. The van der Waals surface area contributed by atoms with E-state index in [2.05, 4.69) is 5.32 Å². The topological polar surface area (TPSA) is 81.8 Å². The second-order valence-electron chi connectivity index (χ2n) is 6.78. The van der Waals surface area contributed by atoms with Crippen LogP contribution in [0.5, 0.6) is 0 Å². The molecule has 1 aliphatic heterocycles. The highest BCUT2D eigenvalue weighted by atomic mass is 19.4. The molecule has 1 saturated heterocycles. The maximum Gasteiger partial charge on any atom is 0.471 e. The van der Waals surface area contributed by atoms with Crippen LogP contribution in [-0.4, -0.2) is 73.0 Å². The van der Waals surface area contributed by atoms with E-state index in [9.17, 15) is 40.7 Å². The van der Waals surface area contributed by atoms with Crippen LogP contribution in [0.25, 0.3) is 0 Å². The van der Waals surface area contributed by atoms with E-state index in [1.807, 2.05) is 0 Å². The van der Waals surface area contributed by atoms with Crippen molar-refractivity contribution in [3.63, 3.8) is 0 Å². The van der Waals surface area contributed by atoms with Gasteiger partial charge in [-0.3, -0.25) is 19.3 Å². The number of carbonyl (C=O) groups is 3. The molecule has 3 amide bonds. The highest BCUT2D eigenvalue weighted by molar-refractivity contribution is 5.93. The van der Waals surface area contributed by atoms with Crippen LogP contribution in [0.2, 0.25) is 0 Å². The molecule has 1 heterocycles. The maximum atomic E-state index is 13.0. The fourth-order valence-electron chi connectivity index (χ4n) is 2.98. The minimum atomic E-state index is -5.09. The van der Waals surface area contributed by atoms with Crippen molar-refractivity contribution >= 4 is 23.4 Å². The number of alkyl halides is 6. The number of hydrogen-bond donors (Lipinski definition) is 2. The predicted octanol–water partition coefficient (Wildman–Crippen LogP) is 1.86. The molecule has 31 heavy (non-hydrogen) atoms. The second kappa shape index (κ2) is 9.98. The van der Waals surface area contributed by atoms with Gasteiger partial charge in [0.1, 0.15) is 0 Å². The summed E-state index contributed by atoms with van der Waals surface area (Å²) in [5, 5.41) is 3.73. The van der Waals surface area contributed by atoms with Crippen LogP contribution >= 0.6 is 0 Å². The third kappa shape index (κ3) is 7.42. The normalized spacial score (nSPS) is 15.9. The first-order valence-corrected chi connectivity index (χ1v) is 9.19. The molecule has 7 nitrogen and oxygen atoms in total. The van der Waals surface area contributed by atoms with Crippen LogP contribution in [0.4, 0.5) is 32.0 Å². The molecule has 1 fully saturated rings. The van der Waals surface area contributed by atoms with E-state index >= 15 is 0 Å². The van der Waals surface area contributed by atoms with Gasteiger partial charge in [0.15, 0.2) is 0 Å². The first-order valence-electron chi connectivity index (χ1n) is 9.19. The van der Waals surface area contributed by atoms with Gasteiger partial charge in [-0.15, -0.1) is 0 Å². The van der Waals surface area contributed by atoms with E-state index in [0.717, 1.165) is 12.1 Å². The van der Waals surface area contributed by atoms with Crippen LogP contribution in [0.3, 0.4) is 0 Å². The summed E-state index contributed by atoms with van der Waals surface area (Å²) in [4.78, 5) is 37.9. The van der Waals surface area contributed by atoms with Gasteiger partial charge in [-0.1, -0.05) is 12.1 Å². The lowest BCUT2D eigenvalue weighted by molar-refractivity contribution is -0.174. The third-order valence-electron chi connectivity index (χ3n) is 4.47. The zero-order valence-electron chi connectivity index (χ0n) is 16.1. The highest BCUT2D eigenvalue weighted by Gasteiger charge is 2.39. The van der Waals surface area contributed by atoms with E-state index in [0.29, 0.717) is 13.0 Å². The van der Waals surface area contributed by atoms with Crippen LogP contribution < -0.4 is 10.6 Å². The molecular formula is C18H20F6N4O3. The molecule has 0 saturated carbocycles. The lowest BCUT2D eigenvalue weighted by Crippen LogP contribution is -2.45. The van der Waals surface area contributed by atoms with Crippen molar-refractivity contribution in [2.75, 3.05) is 44.6 Å². The van der Waals surface area contributed by atoms with E-state index in [1.165, 1.54) is 22.3 Å². The van der Waals surface area contributed by atoms with Crippen molar-refractivity contribution in [1.82, 2.24) is 15.1 Å². The van der Waals surface area contributed by atoms with E-state index in [-0.39, 0.29) is 31.9 Å². The highest BCUT2D eigenvalue weighted by Crippen LogP contribution is 2.34. The molecule has 1 aromatic carbocycles. The molecule has 0 bridgehead atoms. The zero-order valence-corrected chi connectivity index (χ0v) is 16.1. The number of hydrogen-bond acceptors (Lipinski definition) is 4. The molecule has 172 valence electrons. The van der Waals surface area contributed by atoms with Gasteiger partial charge >= 0.3 is 18.3 Å². The number of rotatable bonds is 5. The number of para-hydroxylation sites is 1. The van der Waals surface area contributed by atoms with Gasteiger partial charge in [0, 0.05) is 26.2 Å². The zero-order chi connectivity index (χ0) is 23.2. The third-order valence-corrected chi connectivity index (χ3v) is 4.47. The number of nitrogens with zero attached hydrogens (tertiary/aromatic N) is 2. The summed E-state index contributed by atoms with van der Waals surface area (Å²) in [5.74, 6) is -3.59. The molecule has 0 atom stereocenters. The van der Waals surface area contributed by atoms with Crippen LogP contribution in [0, 0.1) is 0 Å². The van der Waals surface area contributed by atoms with Crippen LogP contribution in [-0.2, 0) is 20.6 Å². The van der Waals surface area contributed by atoms with Gasteiger partial charge in [-0.05, 0) is 18.6 Å². The first-order chi connectivity index (χ1) is 14.4. The lowest BCUT2D eigenvalue weighted by Gasteiger charge is -2.22. The predicted molar refractivity (Wildman–Crippen MR) is 96.8 cm³/mol. The minimum Gasteiger partial charge on any atom is -0.340 e. The van der Waals surface area contributed by atoms with Crippen molar-refractivity contribution in [2.45, 2.75) is 18.8 Å². The Labute approximate surface area is 173 Å². The van der Waals surface area contributed by atoms with Gasteiger partial charge in [-0.25, -0.2) is 0 Å². The van der Waals surface area contributed by atoms with Gasteiger partial charge in [0.05, 0.1) is 24.3 Å². The fraction of sp³-hybridized carbons (Fsp3) is 0.500. The number of amides is 3. The quantitative estimate of drug-likeness (QED) is 0.666. The summed E-state index contributed by atoms with van der Waals surface area (Å²) < 4.78 is 75.6. The first kappa shape index (κ1) is 24.4. The summed E-state index contributed by atoms with van der Waals surface area (Å²) in [6.45, 7) is -0.199.